The molecular weight excluding hydrogens is 282 g/mol. The SMILES string of the molecule is Cc1nccc(CNCc2csc(-c3ccccn3)n2)n1. The highest BCUT2D eigenvalue weighted by Crippen LogP contribution is 2.21. The summed E-state index contributed by atoms with van der Waals surface area (Å²) in [5.41, 5.74) is 2.93. The van der Waals surface area contributed by atoms with Crippen molar-refractivity contribution in [2.24, 2.45) is 0 Å². The molecule has 3 aromatic rings. The van der Waals surface area contributed by atoms with Crippen LogP contribution in [0.1, 0.15) is 17.2 Å². The monoisotopic (exact) mass is 297 g/mol. The van der Waals surface area contributed by atoms with Crippen LogP contribution in [-0.2, 0) is 13.1 Å². The average Bonchev–Trinajstić information content (AvgIpc) is 2.97. The van der Waals surface area contributed by atoms with E-state index in [0.29, 0.717) is 13.1 Å². The molecule has 106 valence electrons. The Kier molecular flexibility index (Phi) is 4.28. The topological polar surface area (TPSA) is 63.6 Å². The third-order valence-electron chi connectivity index (χ3n) is 2.88. The lowest BCUT2D eigenvalue weighted by molar-refractivity contribution is 0.666. The summed E-state index contributed by atoms with van der Waals surface area (Å²) in [5.74, 6) is 0.792. The molecule has 6 heteroatoms. The van der Waals surface area contributed by atoms with Gasteiger partial charge in [-0.25, -0.2) is 15.0 Å². The maximum Gasteiger partial charge on any atom is 0.142 e. The molecule has 0 atom stereocenters. The predicted octanol–water partition coefficient (Wildman–Crippen LogP) is 2.59. The number of nitrogens with zero attached hydrogens (tertiary/aromatic N) is 4. The quantitative estimate of drug-likeness (QED) is 0.784. The van der Waals surface area contributed by atoms with Crippen molar-refractivity contribution in [3.63, 3.8) is 0 Å². The fraction of sp³-hybridized carbons (Fsp3) is 0.200. The van der Waals surface area contributed by atoms with Crippen LogP contribution in [-0.4, -0.2) is 19.9 Å². The van der Waals surface area contributed by atoms with E-state index in [2.05, 4.69) is 30.6 Å². The second-order valence-corrected chi connectivity index (χ2v) is 5.42. The molecule has 1 N–H and O–H groups in total. The zero-order valence-corrected chi connectivity index (χ0v) is 12.5. The zero-order valence-electron chi connectivity index (χ0n) is 11.7. The molecule has 0 saturated carbocycles. The molecule has 0 unspecified atom stereocenters. The van der Waals surface area contributed by atoms with Gasteiger partial charge >= 0.3 is 0 Å². The molecule has 0 bridgehead atoms. The van der Waals surface area contributed by atoms with Gasteiger partial charge < -0.3 is 5.32 Å². The van der Waals surface area contributed by atoms with Crippen LogP contribution >= 0.6 is 11.3 Å². The second kappa shape index (κ2) is 6.51. The molecule has 0 fully saturated rings. The van der Waals surface area contributed by atoms with Crippen molar-refractivity contribution in [3.05, 3.63) is 59.3 Å². The molecule has 0 aliphatic carbocycles. The molecule has 0 saturated heterocycles. The molecular formula is C15H15N5S. The van der Waals surface area contributed by atoms with Crippen LogP contribution < -0.4 is 5.32 Å². The van der Waals surface area contributed by atoms with Crippen LogP contribution in [0.4, 0.5) is 0 Å². The minimum atomic E-state index is 0.708. The fourth-order valence-electron chi connectivity index (χ4n) is 1.92. The molecule has 0 aromatic carbocycles. The van der Waals surface area contributed by atoms with Crippen LogP contribution in [0.3, 0.4) is 0 Å². The van der Waals surface area contributed by atoms with Crippen LogP contribution in [0.25, 0.3) is 10.7 Å². The molecule has 0 aliphatic rings. The van der Waals surface area contributed by atoms with Crippen molar-refractivity contribution in [1.29, 1.82) is 0 Å². The van der Waals surface area contributed by atoms with Gasteiger partial charge in [-0.05, 0) is 25.1 Å². The van der Waals surface area contributed by atoms with Crippen molar-refractivity contribution < 1.29 is 0 Å². The number of rotatable bonds is 5. The third-order valence-corrected chi connectivity index (χ3v) is 3.80. The van der Waals surface area contributed by atoms with Crippen LogP contribution in [0.15, 0.2) is 42.0 Å². The lowest BCUT2D eigenvalue weighted by atomic mass is 10.3. The summed E-state index contributed by atoms with van der Waals surface area (Å²) in [4.78, 5) is 17.3. The van der Waals surface area contributed by atoms with Gasteiger partial charge in [0.2, 0.25) is 0 Å². The highest BCUT2D eigenvalue weighted by Gasteiger charge is 2.05. The van der Waals surface area contributed by atoms with Crippen molar-refractivity contribution >= 4 is 11.3 Å². The first-order valence-electron chi connectivity index (χ1n) is 6.66. The molecule has 0 aliphatic heterocycles. The first-order chi connectivity index (χ1) is 10.3. The Bertz CT molecular complexity index is 711. The maximum atomic E-state index is 4.59. The molecule has 0 spiro atoms. The Labute approximate surface area is 127 Å². The van der Waals surface area contributed by atoms with Crippen molar-refractivity contribution in [2.45, 2.75) is 20.0 Å². The summed E-state index contributed by atoms with van der Waals surface area (Å²) in [6.07, 6.45) is 3.56. The number of hydrogen-bond acceptors (Lipinski definition) is 6. The maximum absolute atomic E-state index is 4.59. The molecule has 0 amide bonds. The van der Waals surface area contributed by atoms with Crippen molar-refractivity contribution in [1.82, 2.24) is 25.3 Å². The lowest BCUT2D eigenvalue weighted by Gasteiger charge is -2.02. The summed E-state index contributed by atoms with van der Waals surface area (Å²) < 4.78 is 0. The van der Waals surface area contributed by atoms with E-state index in [9.17, 15) is 0 Å². The summed E-state index contributed by atoms with van der Waals surface area (Å²) in [5, 5.41) is 6.35. The molecule has 3 aromatic heterocycles. The number of aromatic nitrogens is 4. The van der Waals surface area contributed by atoms with Gasteiger partial charge in [-0.1, -0.05) is 6.07 Å². The third kappa shape index (κ3) is 3.68. The normalized spacial score (nSPS) is 10.7. The summed E-state index contributed by atoms with van der Waals surface area (Å²) in [6.45, 7) is 3.31. The molecule has 3 rings (SSSR count). The minimum absolute atomic E-state index is 0.708. The summed E-state index contributed by atoms with van der Waals surface area (Å²) in [7, 11) is 0. The van der Waals surface area contributed by atoms with Gasteiger partial charge in [-0.3, -0.25) is 4.98 Å². The minimum Gasteiger partial charge on any atom is -0.305 e. The van der Waals surface area contributed by atoms with E-state index < -0.39 is 0 Å². The van der Waals surface area contributed by atoms with E-state index in [0.717, 1.165) is 27.9 Å². The van der Waals surface area contributed by atoms with Gasteiger partial charge in [0, 0.05) is 30.9 Å². The Morgan fingerprint density at radius 1 is 1.00 bits per heavy atom. The van der Waals surface area contributed by atoms with E-state index in [-0.39, 0.29) is 0 Å². The Morgan fingerprint density at radius 2 is 1.90 bits per heavy atom. The second-order valence-electron chi connectivity index (χ2n) is 4.56. The van der Waals surface area contributed by atoms with E-state index in [4.69, 9.17) is 0 Å². The zero-order chi connectivity index (χ0) is 14.5. The first-order valence-corrected chi connectivity index (χ1v) is 7.54. The smallest absolute Gasteiger partial charge is 0.142 e. The summed E-state index contributed by atoms with van der Waals surface area (Å²) in [6, 6.07) is 7.77. The first kappa shape index (κ1) is 13.8. The van der Waals surface area contributed by atoms with Gasteiger partial charge in [0.25, 0.3) is 0 Å². The fourth-order valence-corrected chi connectivity index (χ4v) is 2.71. The standard InChI is InChI=1S/C15H15N5S/c1-11-17-7-5-12(19-11)8-16-9-13-10-21-15(20-13)14-4-2-3-6-18-14/h2-7,10,16H,8-9H2,1H3. The highest BCUT2D eigenvalue weighted by atomic mass is 32.1. The number of pyridine rings is 1. The van der Waals surface area contributed by atoms with E-state index >= 15 is 0 Å². The van der Waals surface area contributed by atoms with Crippen molar-refractivity contribution in [3.8, 4) is 10.7 Å². The number of hydrogen-bond donors (Lipinski definition) is 1. The largest absolute Gasteiger partial charge is 0.305 e. The van der Waals surface area contributed by atoms with Crippen LogP contribution in [0.2, 0.25) is 0 Å². The molecule has 3 heterocycles. The van der Waals surface area contributed by atoms with Gasteiger partial charge in [0.15, 0.2) is 0 Å². The highest BCUT2D eigenvalue weighted by molar-refractivity contribution is 7.13. The van der Waals surface area contributed by atoms with Crippen molar-refractivity contribution in [2.75, 3.05) is 0 Å². The number of thiazole rings is 1. The average molecular weight is 297 g/mol. The Hall–Kier alpha value is -2.18. The predicted molar refractivity (Wildman–Crippen MR) is 82.7 cm³/mol. The van der Waals surface area contributed by atoms with E-state index in [1.807, 2.05) is 31.2 Å². The number of aryl methyl sites for hydroxylation is 1. The van der Waals surface area contributed by atoms with Gasteiger partial charge in [-0.15, -0.1) is 11.3 Å². The Balaban J connectivity index is 1.58. The summed E-state index contributed by atoms with van der Waals surface area (Å²) >= 11 is 1.61. The van der Waals surface area contributed by atoms with Crippen LogP contribution in [0.5, 0.6) is 0 Å². The lowest BCUT2D eigenvalue weighted by Crippen LogP contribution is -2.14. The molecule has 0 radical (unpaired) electrons. The Morgan fingerprint density at radius 3 is 2.71 bits per heavy atom. The van der Waals surface area contributed by atoms with Gasteiger partial charge in [-0.2, -0.15) is 0 Å². The molecule has 5 nitrogen and oxygen atoms in total. The molecule has 21 heavy (non-hydrogen) atoms. The van der Waals surface area contributed by atoms with E-state index in [1.54, 1.807) is 23.7 Å². The van der Waals surface area contributed by atoms with Gasteiger partial charge in [0.05, 0.1) is 17.1 Å². The van der Waals surface area contributed by atoms with Gasteiger partial charge in [0.1, 0.15) is 10.8 Å². The van der Waals surface area contributed by atoms with E-state index in [1.165, 1.54) is 0 Å². The van der Waals surface area contributed by atoms with Crippen LogP contribution in [0, 0.1) is 6.92 Å². The number of nitrogens with one attached hydrogen (secondary N) is 1.